The number of carbonyl (C=O) groups is 1. The van der Waals surface area contributed by atoms with E-state index in [1.165, 1.54) is 11.8 Å². The van der Waals surface area contributed by atoms with Gasteiger partial charge in [0.1, 0.15) is 5.60 Å². The van der Waals surface area contributed by atoms with Crippen LogP contribution in [0.25, 0.3) is 0 Å². The first-order chi connectivity index (χ1) is 10.8. The highest BCUT2D eigenvalue weighted by Gasteiger charge is 2.20. The number of nitrogens with one attached hydrogen (secondary N) is 2. The Morgan fingerprint density at radius 3 is 3.00 bits per heavy atom. The maximum absolute atomic E-state index is 11.8. The largest absolute Gasteiger partial charge is 0.444 e. The molecule has 130 valence electrons. The van der Waals surface area contributed by atoms with E-state index in [1.807, 2.05) is 20.8 Å². The second-order valence-corrected chi connectivity index (χ2v) is 7.40. The minimum absolute atomic E-state index is 0.0736. The van der Waals surface area contributed by atoms with Crippen molar-refractivity contribution in [2.24, 2.45) is 0 Å². The zero-order valence-electron chi connectivity index (χ0n) is 13.8. The Bertz CT molecular complexity index is 572. The van der Waals surface area contributed by atoms with Crippen molar-refractivity contribution in [1.82, 2.24) is 20.1 Å². The average molecular weight is 344 g/mol. The van der Waals surface area contributed by atoms with Crippen molar-refractivity contribution in [2.45, 2.75) is 57.0 Å². The molecule has 1 aliphatic rings. The van der Waals surface area contributed by atoms with Crippen LogP contribution in [-0.4, -0.2) is 51.5 Å². The van der Waals surface area contributed by atoms with E-state index >= 15 is 0 Å². The van der Waals surface area contributed by atoms with Crippen molar-refractivity contribution in [2.75, 3.05) is 18.9 Å². The molecule has 2 heterocycles. The number of nitrogens with zero attached hydrogens (tertiary/aromatic N) is 2. The van der Waals surface area contributed by atoms with Crippen LogP contribution in [-0.2, 0) is 16.0 Å². The Balaban J connectivity index is 1.77. The van der Waals surface area contributed by atoms with Crippen molar-refractivity contribution in [3.8, 4) is 0 Å². The first-order valence-electron chi connectivity index (χ1n) is 7.71. The van der Waals surface area contributed by atoms with E-state index < -0.39 is 11.7 Å². The Morgan fingerprint density at radius 1 is 1.57 bits per heavy atom. The first-order valence-corrected chi connectivity index (χ1v) is 8.70. The van der Waals surface area contributed by atoms with Gasteiger partial charge in [0.05, 0.1) is 12.6 Å². The van der Waals surface area contributed by atoms with E-state index in [1.54, 1.807) is 4.57 Å². The number of amides is 1. The highest BCUT2D eigenvalue weighted by atomic mass is 32.2. The van der Waals surface area contributed by atoms with Gasteiger partial charge in [0, 0.05) is 18.9 Å². The third-order valence-electron chi connectivity index (χ3n) is 3.13. The molecule has 23 heavy (non-hydrogen) atoms. The molecular formula is C14H24N4O4S. The Labute approximate surface area is 139 Å². The summed E-state index contributed by atoms with van der Waals surface area (Å²) in [6.45, 7) is 7.13. The van der Waals surface area contributed by atoms with E-state index in [2.05, 4.69) is 15.5 Å². The second kappa shape index (κ2) is 7.87. The summed E-state index contributed by atoms with van der Waals surface area (Å²) in [4.78, 5) is 23.3. The van der Waals surface area contributed by atoms with Gasteiger partial charge in [0.25, 0.3) is 0 Å². The number of rotatable bonds is 6. The molecule has 1 atom stereocenters. The quantitative estimate of drug-likeness (QED) is 0.597. The number of alkyl carbamates (subject to hydrolysis) is 1. The SMILES string of the molecule is CC(C)(C)OC(=O)NCCSc1n[nH]c(=O)n1CC1CCCO1. The lowest BCUT2D eigenvalue weighted by Crippen LogP contribution is -2.33. The highest BCUT2D eigenvalue weighted by molar-refractivity contribution is 7.99. The molecule has 2 N–H and O–H groups in total. The van der Waals surface area contributed by atoms with Gasteiger partial charge < -0.3 is 14.8 Å². The van der Waals surface area contributed by atoms with Crippen LogP contribution in [0.1, 0.15) is 33.6 Å². The zero-order valence-corrected chi connectivity index (χ0v) is 14.6. The van der Waals surface area contributed by atoms with Gasteiger partial charge >= 0.3 is 11.8 Å². The molecule has 1 saturated heterocycles. The molecule has 1 amide bonds. The summed E-state index contributed by atoms with van der Waals surface area (Å²) in [6, 6.07) is 0. The van der Waals surface area contributed by atoms with E-state index in [4.69, 9.17) is 9.47 Å². The second-order valence-electron chi connectivity index (χ2n) is 6.33. The van der Waals surface area contributed by atoms with E-state index in [0.717, 1.165) is 19.4 Å². The molecule has 0 bridgehead atoms. The van der Waals surface area contributed by atoms with Crippen LogP contribution in [0.3, 0.4) is 0 Å². The molecule has 0 aromatic carbocycles. The van der Waals surface area contributed by atoms with Crippen LogP contribution in [0.2, 0.25) is 0 Å². The molecule has 1 fully saturated rings. The summed E-state index contributed by atoms with van der Waals surface area (Å²) in [7, 11) is 0. The Kier molecular flexibility index (Phi) is 6.11. The molecule has 8 nitrogen and oxygen atoms in total. The third kappa shape index (κ3) is 5.91. The summed E-state index contributed by atoms with van der Waals surface area (Å²) in [6.07, 6.45) is 1.61. The van der Waals surface area contributed by atoms with E-state index in [0.29, 0.717) is 24.0 Å². The van der Waals surface area contributed by atoms with Crippen molar-refractivity contribution in [3.05, 3.63) is 10.5 Å². The van der Waals surface area contributed by atoms with Crippen LogP contribution in [0.4, 0.5) is 4.79 Å². The molecule has 2 rings (SSSR count). The molecule has 0 aliphatic carbocycles. The number of aromatic amines is 1. The van der Waals surface area contributed by atoms with Gasteiger partial charge in [0.2, 0.25) is 0 Å². The van der Waals surface area contributed by atoms with Gasteiger partial charge in [-0.25, -0.2) is 14.7 Å². The summed E-state index contributed by atoms with van der Waals surface area (Å²) in [5.41, 5.74) is -0.746. The van der Waals surface area contributed by atoms with Crippen molar-refractivity contribution in [1.29, 1.82) is 0 Å². The lowest BCUT2D eigenvalue weighted by molar-refractivity contribution is 0.0531. The fourth-order valence-corrected chi connectivity index (χ4v) is 2.99. The van der Waals surface area contributed by atoms with Crippen LogP contribution < -0.4 is 11.0 Å². The molecule has 9 heteroatoms. The molecule has 0 spiro atoms. The maximum Gasteiger partial charge on any atom is 0.407 e. The van der Waals surface area contributed by atoms with Gasteiger partial charge in [-0.1, -0.05) is 11.8 Å². The summed E-state index contributed by atoms with van der Waals surface area (Å²) < 4.78 is 12.3. The van der Waals surface area contributed by atoms with Gasteiger partial charge in [-0.3, -0.25) is 4.57 Å². The number of hydrogen-bond donors (Lipinski definition) is 2. The average Bonchev–Trinajstić information content (AvgIpc) is 3.06. The molecule has 0 radical (unpaired) electrons. The number of hydrogen-bond acceptors (Lipinski definition) is 6. The number of H-pyrrole nitrogens is 1. The van der Waals surface area contributed by atoms with E-state index in [9.17, 15) is 9.59 Å². The highest BCUT2D eigenvalue weighted by Crippen LogP contribution is 2.17. The Morgan fingerprint density at radius 2 is 2.35 bits per heavy atom. The summed E-state index contributed by atoms with van der Waals surface area (Å²) in [5.74, 6) is 0.592. The predicted octanol–water partition coefficient (Wildman–Crippen LogP) is 1.37. The van der Waals surface area contributed by atoms with Gasteiger partial charge in [-0.15, -0.1) is 5.10 Å². The van der Waals surface area contributed by atoms with Gasteiger partial charge in [0.15, 0.2) is 5.16 Å². The summed E-state index contributed by atoms with van der Waals surface area (Å²) in [5, 5.41) is 9.77. The van der Waals surface area contributed by atoms with Gasteiger partial charge in [-0.2, -0.15) is 0 Å². The molecule has 1 aromatic rings. The molecule has 1 unspecified atom stereocenters. The molecular weight excluding hydrogens is 320 g/mol. The lowest BCUT2D eigenvalue weighted by Gasteiger charge is -2.19. The summed E-state index contributed by atoms with van der Waals surface area (Å²) >= 11 is 1.41. The van der Waals surface area contributed by atoms with Crippen LogP contribution in [0.5, 0.6) is 0 Å². The number of ether oxygens (including phenoxy) is 2. The normalized spacial score (nSPS) is 18.1. The minimum atomic E-state index is -0.513. The number of aromatic nitrogens is 3. The van der Waals surface area contributed by atoms with Crippen molar-refractivity contribution >= 4 is 17.9 Å². The monoisotopic (exact) mass is 344 g/mol. The predicted molar refractivity (Wildman–Crippen MR) is 86.8 cm³/mol. The van der Waals surface area contributed by atoms with Crippen molar-refractivity contribution in [3.63, 3.8) is 0 Å². The minimum Gasteiger partial charge on any atom is -0.444 e. The van der Waals surface area contributed by atoms with Crippen molar-refractivity contribution < 1.29 is 14.3 Å². The lowest BCUT2D eigenvalue weighted by atomic mass is 10.2. The van der Waals surface area contributed by atoms with Gasteiger partial charge in [-0.05, 0) is 33.6 Å². The molecule has 0 saturated carbocycles. The van der Waals surface area contributed by atoms with Crippen LogP contribution in [0.15, 0.2) is 9.95 Å². The Hall–Kier alpha value is -1.48. The first kappa shape index (κ1) is 17.9. The van der Waals surface area contributed by atoms with E-state index in [-0.39, 0.29) is 11.8 Å². The smallest absolute Gasteiger partial charge is 0.407 e. The fraction of sp³-hybridized carbons (Fsp3) is 0.786. The number of thioether (sulfide) groups is 1. The van der Waals surface area contributed by atoms with Crippen LogP contribution in [0, 0.1) is 0 Å². The molecule has 1 aromatic heterocycles. The molecule has 1 aliphatic heterocycles. The topological polar surface area (TPSA) is 98.2 Å². The maximum atomic E-state index is 11.8. The standard InChI is InChI=1S/C14H24N4O4S/c1-14(2,3)22-13(20)15-6-8-23-12-17-16-11(19)18(12)9-10-5-4-7-21-10/h10H,4-9H2,1-3H3,(H,15,20)(H,16,19). The number of carbonyl (C=O) groups excluding carboxylic acids is 1. The van der Waals surface area contributed by atoms with Crippen LogP contribution >= 0.6 is 11.8 Å². The fourth-order valence-electron chi connectivity index (χ4n) is 2.18. The zero-order chi connectivity index (χ0) is 16.9. The third-order valence-corrected chi connectivity index (χ3v) is 4.11.